The molecule has 0 saturated heterocycles. The highest BCUT2D eigenvalue weighted by atomic mass is 32.2. The molecule has 0 radical (unpaired) electrons. The lowest BCUT2D eigenvalue weighted by atomic mass is 10.4. The number of hydrogen-bond donors (Lipinski definition) is 1. The van der Waals surface area contributed by atoms with Crippen LogP contribution in [-0.2, 0) is 11.2 Å². The van der Waals surface area contributed by atoms with Crippen molar-refractivity contribution >= 4 is 11.2 Å². The van der Waals surface area contributed by atoms with Crippen LogP contribution in [0.15, 0.2) is 47.1 Å². The molecular weight excluding hydrogens is 239 g/mol. The second-order valence-corrected chi connectivity index (χ2v) is 4.41. The van der Waals surface area contributed by atoms with Gasteiger partial charge in [0.15, 0.2) is 4.90 Å². The Morgan fingerprint density at radius 1 is 1.38 bits per heavy atom. The van der Waals surface area contributed by atoms with Gasteiger partial charge < -0.3 is 10.3 Å². The highest BCUT2D eigenvalue weighted by Crippen LogP contribution is 2.35. The van der Waals surface area contributed by atoms with Crippen molar-refractivity contribution in [2.45, 2.75) is 10.2 Å². The monoisotopic (exact) mass is 249 g/mol. The summed E-state index contributed by atoms with van der Waals surface area (Å²) in [5, 5.41) is -4.04. The molecule has 0 heterocycles. The molecule has 0 amide bonds. The average molecular weight is 249 g/mol. The second-order valence-electron chi connectivity index (χ2n) is 2.89. The molecule has 1 rings (SSSR count). The topological polar surface area (TPSA) is 49.1 Å². The van der Waals surface area contributed by atoms with Gasteiger partial charge in [0.2, 0.25) is 5.83 Å². The molecule has 0 fully saturated rings. The van der Waals surface area contributed by atoms with Crippen LogP contribution in [0.5, 0.6) is 0 Å². The van der Waals surface area contributed by atoms with E-state index in [1.807, 2.05) is 0 Å². The SMILES string of the molecule is NC/C=C(\F)C(F)(F)[S+]([O-])c1ccccc1. The Labute approximate surface area is 94.1 Å². The third-order valence-corrected chi connectivity index (χ3v) is 3.13. The second kappa shape index (κ2) is 5.38. The van der Waals surface area contributed by atoms with Gasteiger partial charge in [0.05, 0.1) is 11.2 Å². The van der Waals surface area contributed by atoms with Gasteiger partial charge in [-0.05, 0) is 18.2 Å². The van der Waals surface area contributed by atoms with Crippen molar-refractivity contribution in [3.8, 4) is 0 Å². The van der Waals surface area contributed by atoms with E-state index in [9.17, 15) is 17.7 Å². The Kier molecular flexibility index (Phi) is 4.40. The maximum atomic E-state index is 13.3. The first-order valence-corrected chi connectivity index (χ1v) is 5.56. The molecule has 1 aromatic rings. The average Bonchev–Trinajstić information content (AvgIpc) is 2.29. The van der Waals surface area contributed by atoms with Crippen LogP contribution in [0.3, 0.4) is 0 Å². The summed E-state index contributed by atoms with van der Waals surface area (Å²) in [6.07, 6.45) is 0.515. The van der Waals surface area contributed by atoms with Gasteiger partial charge in [-0.3, -0.25) is 0 Å². The predicted octanol–water partition coefficient (Wildman–Crippen LogP) is 2.20. The highest BCUT2D eigenvalue weighted by Gasteiger charge is 2.49. The third kappa shape index (κ3) is 2.78. The minimum Gasteiger partial charge on any atom is -0.606 e. The molecule has 6 heteroatoms. The van der Waals surface area contributed by atoms with Crippen LogP contribution in [0.25, 0.3) is 0 Å². The first-order chi connectivity index (χ1) is 7.50. The van der Waals surface area contributed by atoms with Gasteiger partial charge in [-0.25, -0.2) is 0 Å². The lowest BCUT2D eigenvalue weighted by molar-refractivity contribution is 0.105. The van der Waals surface area contributed by atoms with Gasteiger partial charge >= 0.3 is 5.25 Å². The predicted molar refractivity (Wildman–Crippen MR) is 56.0 cm³/mol. The standard InChI is InChI=1S/C10H10F3NOS/c11-9(6-7-14)10(12,13)16(15)8-4-2-1-3-5-8/h1-6H,7,14H2/b9-6-. The molecule has 0 aliphatic rings. The summed E-state index contributed by atoms with van der Waals surface area (Å²) < 4.78 is 50.9. The molecule has 0 aliphatic heterocycles. The molecule has 88 valence electrons. The zero-order chi connectivity index (χ0) is 12.2. The van der Waals surface area contributed by atoms with Crippen molar-refractivity contribution in [1.82, 2.24) is 0 Å². The van der Waals surface area contributed by atoms with Crippen LogP contribution in [0.2, 0.25) is 0 Å². The van der Waals surface area contributed by atoms with Crippen molar-refractivity contribution in [1.29, 1.82) is 0 Å². The molecule has 0 bridgehead atoms. The molecule has 1 aromatic carbocycles. The number of hydrogen-bond acceptors (Lipinski definition) is 2. The highest BCUT2D eigenvalue weighted by molar-refractivity contribution is 7.92. The summed E-state index contributed by atoms with van der Waals surface area (Å²) in [5.41, 5.74) is 4.92. The van der Waals surface area contributed by atoms with Crippen LogP contribution in [-0.4, -0.2) is 16.4 Å². The van der Waals surface area contributed by atoms with E-state index in [0.29, 0.717) is 6.08 Å². The first-order valence-electron chi connectivity index (χ1n) is 4.41. The molecule has 0 spiro atoms. The fourth-order valence-corrected chi connectivity index (χ4v) is 1.96. The van der Waals surface area contributed by atoms with E-state index in [-0.39, 0.29) is 11.4 Å². The summed E-state index contributed by atoms with van der Waals surface area (Å²) in [4.78, 5) is -0.131. The number of halogens is 3. The smallest absolute Gasteiger partial charge is 0.465 e. The molecule has 0 aromatic heterocycles. The first kappa shape index (κ1) is 13.1. The third-order valence-electron chi connectivity index (χ3n) is 1.77. The Morgan fingerprint density at radius 2 is 1.94 bits per heavy atom. The van der Waals surface area contributed by atoms with Crippen molar-refractivity contribution in [2.24, 2.45) is 5.73 Å². The van der Waals surface area contributed by atoms with Gasteiger partial charge in [-0.2, -0.15) is 4.39 Å². The van der Waals surface area contributed by atoms with E-state index in [1.165, 1.54) is 24.3 Å². The molecule has 1 atom stereocenters. The van der Waals surface area contributed by atoms with Gasteiger partial charge in [0.25, 0.3) is 0 Å². The van der Waals surface area contributed by atoms with E-state index >= 15 is 0 Å². The summed E-state index contributed by atoms with van der Waals surface area (Å²) >= 11 is -2.76. The lowest BCUT2D eigenvalue weighted by Crippen LogP contribution is -2.30. The van der Waals surface area contributed by atoms with E-state index in [2.05, 4.69) is 0 Å². The maximum Gasteiger partial charge on any atom is 0.465 e. The summed E-state index contributed by atoms with van der Waals surface area (Å²) in [7, 11) is 0. The zero-order valence-corrected chi connectivity index (χ0v) is 9.02. The van der Waals surface area contributed by atoms with Gasteiger partial charge in [0, 0.05) is 6.54 Å². The molecule has 2 N–H and O–H groups in total. The minimum absolute atomic E-state index is 0.131. The van der Waals surface area contributed by atoms with Crippen molar-refractivity contribution in [2.75, 3.05) is 6.54 Å². The molecule has 16 heavy (non-hydrogen) atoms. The van der Waals surface area contributed by atoms with Crippen LogP contribution in [0.1, 0.15) is 0 Å². The Hall–Kier alpha value is -0.980. The summed E-state index contributed by atoms with van der Waals surface area (Å²) in [5.74, 6) is -1.77. The van der Waals surface area contributed by atoms with Gasteiger partial charge in [0.1, 0.15) is 0 Å². The van der Waals surface area contributed by atoms with Crippen molar-refractivity contribution < 1.29 is 17.7 Å². The Bertz CT molecular complexity index is 370. The van der Waals surface area contributed by atoms with E-state index in [1.54, 1.807) is 6.07 Å². The number of rotatable bonds is 4. The van der Waals surface area contributed by atoms with E-state index in [0.717, 1.165) is 0 Å². The minimum atomic E-state index is -4.04. The molecule has 2 nitrogen and oxygen atoms in total. The zero-order valence-electron chi connectivity index (χ0n) is 8.20. The van der Waals surface area contributed by atoms with E-state index in [4.69, 9.17) is 5.73 Å². The fourth-order valence-electron chi connectivity index (χ4n) is 1.00. The number of alkyl halides is 2. The van der Waals surface area contributed by atoms with E-state index < -0.39 is 22.3 Å². The fraction of sp³-hybridized carbons (Fsp3) is 0.200. The van der Waals surface area contributed by atoms with Crippen molar-refractivity contribution in [3.05, 3.63) is 42.2 Å². The van der Waals surface area contributed by atoms with Crippen molar-refractivity contribution in [3.63, 3.8) is 0 Å². The van der Waals surface area contributed by atoms with Crippen LogP contribution < -0.4 is 5.73 Å². The molecule has 1 unspecified atom stereocenters. The van der Waals surface area contributed by atoms with Crippen LogP contribution in [0.4, 0.5) is 13.2 Å². The van der Waals surface area contributed by atoms with Crippen LogP contribution >= 0.6 is 0 Å². The lowest BCUT2D eigenvalue weighted by Gasteiger charge is -2.18. The molecule has 0 saturated carbocycles. The normalized spacial score (nSPS) is 14.9. The molecular formula is C10H10F3NOS. The largest absolute Gasteiger partial charge is 0.606 e. The molecule has 0 aliphatic carbocycles. The van der Waals surface area contributed by atoms with Crippen LogP contribution in [0, 0.1) is 0 Å². The Balaban J connectivity index is 2.96. The number of benzene rings is 1. The Morgan fingerprint density at radius 3 is 2.44 bits per heavy atom. The maximum absolute atomic E-state index is 13.3. The summed E-state index contributed by atoms with van der Waals surface area (Å²) in [6, 6.07) is 6.99. The van der Waals surface area contributed by atoms with Gasteiger partial charge in [-0.1, -0.05) is 18.2 Å². The van der Waals surface area contributed by atoms with Gasteiger partial charge in [-0.15, -0.1) is 8.78 Å². The summed E-state index contributed by atoms with van der Waals surface area (Å²) in [6.45, 7) is -0.368. The quantitative estimate of drug-likeness (QED) is 0.831. The number of nitrogens with two attached hydrogens (primary N) is 1.